The Morgan fingerprint density at radius 3 is 1.40 bits per heavy atom. The van der Waals surface area contributed by atoms with Crippen LogP contribution in [0.4, 0.5) is 0 Å². The molecule has 0 N–H and O–H groups in total. The van der Waals surface area contributed by atoms with E-state index in [0.717, 1.165) is 50.6 Å². The van der Waals surface area contributed by atoms with E-state index in [1.807, 2.05) is 0 Å². The molecule has 0 aliphatic carbocycles. The topological polar surface area (TPSA) is 27.7 Å². The van der Waals surface area contributed by atoms with E-state index in [1.165, 1.54) is 54.4 Å². The van der Waals surface area contributed by atoms with Gasteiger partial charge in [0, 0.05) is 54.8 Å². The van der Waals surface area contributed by atoms with Crippen LogP contribution in [0.3, 0.4) is 0 Å². The van der Waals surface area contributed by atoms with Crippen molar-refractivity contribution in [2.45, 2.75) is 0 Å². The molecule has 4 nitrogen and oxygen atoms in total. The molecule has 0 fully saturated rings. The standard InChI is InChI=1S/C53H34N4/c1-4-16-35(17-5-1)45-32-39(33-46(54-45)36-18-6-2-7-19-36)56-47-25-13-10-22-40(47)42-29-28-38(34-51(42)56)55-49-27-15-12-24-44(49)52-50(55)31-30-43-41-23-11-14-26-48(41)57(53(43)52)37-20-8-3-9-21-37/h1-34H. The highest BCUT2D eigenvalue weighted by Crippen LogP contribution is 2.43. The van der Waals surface area contributed by atoms with Crippen LogP contribution in [0.5, 0.6) is 0 Å². The van der Waals surface area contributed by atoms with Crippen molar-refractivity contribution in [3.8, 4) is 39.6 Å². The van der Waals surface area contributed by atoms with Crippen molar-refractivity contribution in [2.75, 3.05) is 0 Å². The Kier molecular flexibility index (Phi) is 6.89. The lowest BCUT2D eigenvalue weighted by Crippen LogP contribution is -1.99. The summed E-state index contributed by atoms with van der Waals surface area (Å²) in [6, 6.07) is 74.2. The van der Waals surface area contributed by atoms with Crippen LogP contribution in [0.25, 0.3) is 105 Å². The van der Waals surface area contributed by atoms with E-state index >= 15 is 0 Å². The van der Waals surface area contributed by atoms with Gasteiger partial charge in [0.15, 0.2) is 0 Å². The fraction of sp³-hybridized carbons (Fsp3) is 0. The lowest BCUT2D eigenvalue weighted by Gasteiger charge is -2.14. The van der Waals surface area contributed by atoms with Gasteiger partial charge in [0.25, 0.3) is 0 Å². The molecule has 0 aliphatic heterocycles. The first-order valence-electron chi connectivity index (χ1n) is 19.5. The van der Waals surface area contributed by atoms with Crippen molar-refractivity contribution in [1.82, 2.24) is 18.7 Å². The number of nitrogens with zero attached hydrogens (tertiary/aromatic N) is 4. The summed E-state index contributed by atoms with van der Waals surface area (Å²) in [4.78, 5) is 5.22. The average molecular weight is 727 g/mol. The van der Waals surface area contributed by atoms with E-state index in [4.69, 9.17) is 4.98 Å². The quantitative estimate of drug-likeness (QED) is 0.174. The third-order valence-electron chi connectivity index (χ3n) is 11.6. The molecular weight excluding hydrogens is 693 g/mol. The molecule has 266 valence electrons. The van der Waals surface area contributed by atoms with Crippen molar-refractivity contribution < 1.29 is 0 Å². The van der Waals surface area contributed by atoms with Gasteiger partial charge >= 0.3 is 0 Å². The molecule has 12 rings (SSSR count). The SMILES string of the molecule is c1ccc(-c2cc(-n3c4ccccc4c4ccc(-n5c6ccccc6c6c5ccc5c7ccccc7n(-c7ccccc7)c56)cc43)cc(-c3ccccc3)n2)cc1. The lowest BCUT2D eigenvalue weighted by atomic mass is 10.1. The van der Waals surface area contributed by atoms with E-state index in [0.29, 0.717) is 0 Å². The highest BCUT2D eigenvalue weighted by atomic mass is 15.0. The van der Waals surface area contributed by atoms with Crippen LogP contribution in [0.1, 0.15) is 0 Å². The molecule has 8 aromatic carbocycles. The van der Waals surface area contributed by atoms with Crippen LogP contribution in [0, 0.1) is 0 Å². The molecule has 0 unspecified atom stereocenters. The predicted octanol–water partition coefficient (Wildman–Crippen LogP) is 13.7. The maximum absolute atomic E-state index is 5.22. The normalized spacial score (nSPS) is 11.9. The Morgan fingerprint density at radius 1 is 0.281 bits per heavy atom. The third kappa shape index (κ3) is 4.77. The van der Waals surface area contributed by atoms with Gasteiger partial charge in [0.05, 0.1) is 50.2 Å². The molecule has 0 atom stereocenters. The molecule has 4 aromatic heterocycles. The molecule has 0 spiro atoms. The second kappa shape index (κ2) is 12.4. The smallest absolute Gasteiger partial charge is 0.0730 e. The zero-order valence-corrected chi connectivity index (χ0v) is 30.9. The van der Waals surface area contributed by atoms with Crippen molar-refractivity contribution in [2.24, 2.45) is 0 Å². The van der Waals surface area contributed by atoms with Gasteiger partial charge in [-0.3, -0.25) is 0 Å². The molecule has 0 saturated carbocycles. The molecule has 57 heavy (non-hydrogen) atoms. The Hall–Kier alpha value is -7.69. The molecule has 12 aromatic rings. The molecule has 4 heteroatoms. The molecule has 0 saturated heterocycles. The monoisotopic (exact) mass is 726 g/mol. The van der Waals surface area contributed by atoms with Crippen LogP contribution in [-0.4, -0.2) is 18.7 Å². The summed E-state index contributed by atoms with van der Waals surface area (Å²) in [5, 5.41) is 7.41. The first-order chi connectivity index (χ1) is 28.3. The first-order valence-corrected chi connectivity index (χ1v) is 19.5. The maximum Gasteiger partial charge on any atom is 0.0730 e. The van der Waals surface area contributed by atoms with Crippen molar-refractivity contribution in [1.29, 1.82) is 0 Å². The third-order valence-corrected chi connectivity index (χ3v) is 11.6. The van der Waals surface area contributed by atoms with E-state index in [2.05, 4.69) is 220 Å². The van der Waals surface area contributed by atoms with E-state index < -0.39 is 0 Å². The number of hydrogen-bond acceptors (Lipinski definition) is 1. The Labute approximate surface area is 328 Å². The number of hydrogen-bond donors (Lipinski definition) is 0. The fourth-order valence-corrected chi connectivity index (χ4v) is 9.17. The minimum absolute atomic E-state index is 0.939. The number of benzene rings is 8. The predicted molar refractivity (Wildman–Crippen MR) is 238 cm³/mol. The molecule has 4 heterocycles. The summed E-state index contributed by atoms with van der Waals surface area (Å²) in [5.41, 5.74) is 14.5. The van der Waals surface area contributed by atoms with Gasteiger partial charge in [-0.15, -0.1) is 0 Å². The molecule has 0 aliphatic rings. The van der Waals surface area contributed by atoms with Crippen molar-refractivity contribution >= 4 is 65.4 Å². The summed E-state index contributed by atoms with van der Waals surface area (Å²) < 4.78 is 7.33. The van der Waals surface area contributed by atoms with Crippen molar-refractivity contribution in [3.05, 3.63) is 206 Å². The van der Waals surface area contributed by atoms with E-state index in [9.17, 15) is 0 Å². The number of para-hydroxylation sites is 4. The van der Waals surface area contributed by atoms with Crippen LogP contribution >= 0.6 is 0 Å². The first kappa shape index (κ1) is 31.6. The highest BCUT2D eigenvalue weighted by Gasteiger charge is 2.22. The highest BCUT2D eigenvalue weighted by molar-refractivity contribution is 6.26. The molecule has 0 radical (unpaired) electrons. The largest absolute Gasteiger partial charge is 0.309 e. The van der Waals surface area contributed by atoms with Crippen molar-refractivity contribution in [3.63, 3.8) is 0 Å². The Balaban J connectivity index is 1.16. The second-order valence-electron chi connectivity index (χ2n) is 14.8. The zero-order valence-electron chi connectivity index (χ0n) is 30.9. The molecular formula is C53H34N4. The average Bonchev–Trinajstić information content (AvgIpc) is 3.92. The van der Waals surface area contributed by atoms with Gasteiger partial charge in [-0.25, -0.2) is 4.98 Å². The summed E-state index contributed by atoms with van der Waals surface area (Å²) in [6.07, 6.45) is 0. The number of pyridine rings is 1. The van der Waals surface area contributed by atoms with Gasteiger partial charge in [-0.2, -0.15) is 0 Å². The van der Waals surface area contributed by atoms with Crippen LogP contribution < -0.4 is 0 Å². The number of rotatable bonds is 5. The van der Waals surface area contributed by atoms with Gasteiger partial charge in [-0.1, -0.05) is 146 Å². The van der Waals surface area contributed by atoms with Crippen LogP contribution in [0.15, 0.2) is 206 Å². The Morgan fingerprint density at radius 2 is 0.754 bits per heavy atom. The molecule has 0 bridgehead atoms. The van der Waals surface area contributed by atoms with Gasteiger partial charge in [0.1, 0.15) is 0 Å². The summed E-state index contributed by atoms with van der Waals surface area (Å²) >= 11 is 0. The minimum atomic E-state index is 0.939. The van der Waals surface area contributed by atoms with Crippen LogP contribution in [-0.2, 0) is 0 Å². The van der Waals surface area contributed by atoms with Crippen LogP contribution in [0.2, 0.25) is 0 Å². The van der Waals surface area contributed by atoms with Gasteiger partial charge < -0.3 is 13.7 Å². The zero-order chi connectivity index (χ0) is 37.5. The fourth-order valence-electron chi connectivity index (χ4n) is 9.17. The van der Waals surface area contributed by atoms with E-state index in [-0.39, 0.29) is 0 Å². The maximum atomic E-state index is 5.22. The molecule has 0 amide bonds. The van der Waals surface area contributed by atoms with Gasteiger partial charge in [0.2, 0.25) is 0 Å². The second-order valence-corrected chi connectivity index (χ2v) is 14.8. The summed E-state index contributed by atoms with van der Waals surface area (Å²) in [5.74, 6) is 0. The summed E-state index contributed by atoms with van der Waals surface area (Å²) in [7, 11) is 0. The van der Waals surface area contributed by atoms with E-state index in [1.54, 1.807) is 0 Å². The number of fused-ring (bicyclic) bond motifs is 10. The number of aromatic nitrogens is 4. The Bertz CT molecular complexity index is 3440. The van der Waals surface area contributed by atoms with Gasteiger partial charge in [-0.05, 0) is 60.7 Å². The summed E-state index contributed by atoms with van der Waals surface area (Å²) in [6.45, 7) is 0. The lowest BCUT2D eigenvalue weighted by molar-refractivity contribution is 1.14. The minimum Gasteiger partial charge on any atom is -0.309 e.